The third kappa shape index (κ3) is 3.71. The summed E-state index contributed by atoms with van der Waals surface area (Å²) in [5.41, 5.74) is 6.43. The number of methoxy groups -OCH3 is 2. The number of primary amides is 1. The maximum Gasteiger partial charge on any atom is 0.343 e. The molecule has 0 saturated heterocycles. The van der Waals surface area contributed by atoms with E-state index in [0.29, 0.717) is 16.9 Å². The van der Waals surface area contributed by atoms with Gasteiger partial charge < -0.3 is 19.9 Å². The van der Waals surface area contributed by atoms with Crippen LogP contribution in [0, 0.1) is 0 Å². The minimum atomic E-state index is -0.715. The average molecular weight is 368 g/mol. The highest BCUT2D eigenvalue weighted by atomic mass is 16.6. The molecule has 3 N–H and O–H groups in total. The molecule has 0 unspecified atom stereocenters. The lowest BCUT2D eigenvalue weighted by molar-refractivity contribution is 0.0729. The van der Waals surface area contributed by atoms with Crippen LogP contribution in [-0.4, -0.2) is 41.5 Å². The summed E-state index contributed by atoms with van der Waals surface area (Å²) < 4.78 is 15.8. The van der Waals surface area contributed by atoms with Crippen LogP contribution in [0.5, 0.6) is 17.2 Å². The molecule has 0 aliphatic carbocycles. The molecule has 0 aliphatic rings. The Balaban J connectivity index is 1.87. The molecule has 9 heteroatoms. The van der Waals surface area contributed by atoms with Gasteiger partial charge in [-0.25, -0.2) is 4.79 Å². The molecule has 0 radical (unpaired) electrons. The SMILES string of the molecule is COc1ccc(C(=O)Oc2ccc(-c3n[nH]nc3C(N)=O)cc2OC)cc1. The van der Waals surface area contributed by atoms with E-state index < -0.39 is 11.9 Å². The Morgan fingerprint density at radius 1 is 0.963 bits per heavy atom. The highest BCUT2D eigenvalue weighted by Crippen LogP contribution is 2.33. The summed E-state index contributed by atoms with van der Waals surface area (Å²) in [5, 5.41) is 10.0. The fourth-order valence-corrected chi connectivity index (χ4v) is 2.39. The lowest BCUT2D eigenvalue weighted by atomic mass is 10.1. The fourth-order valence-electron chi connectivity index (χ4n) is 2.39. The van der Waals surface area contributed by atoms with Gasteiger partial charge in [0.05, 0.1) is 19.8 Å². The molecule has 0 saturated carbocycles. The number of aromatic nitrogens is 3. The first-order valence-corrected chi connectivity index (χ1v) is 7.78. The Morgan fingerprint density at radius 2 is 1.70 bits per heavy atom. The Labute approximate surface area is 154 Å². The Kier molecular flexibility index (Phi) is 5.02. The van der Waals surface area contributed by atoms with Crippen LogP contribution in [0.2, 0.25) is 0 Å². The number of carbonyl (C=O) groups excluding carboxylic acids is 2. The molecule has 0 bridgehead atoms. The topological polar surface area (TPSA) is 129 Å². The first kappa shape index (κ1) is 17.9. The molecule has 0 fully saturated rings. The summed E-state index contributed by atoms with van der Waals surface area (Å²) in [7, 11) is 2.97. The number of H-pyrrole nitrogens is 1. The summed E-state index contributed by atoms with van der Waals surface area (Å²) >= 11 is 0. The third-order valence-corrected chi connectivity index (χ3v) is 3.75. The van der Waals surface area contributed by atoms with E-state index in [9.17, 15) is 9.59 Å². The standard InChI is InChI=1S/C18H16N4O5/c1-25-12-6-3-10(4-7-12)18(24)27-13-8-5-11(9-14(13)26-2)15-16(17(19)23)21-22-20-15/h3-9H,1-2H3,(H2,19,23)(H,20,21,22). The number of nitrogens with two attached hydrogens (primary N) is 1. The number of benzene rings is 2. The highest BCUT2D eigenvalue weighted by Gasteiger charge is 2.18. The monoisotopic (exact) mass is 368 g/mol. The van der Waals surface area contributed by atoms with Gasteiger partial charge >= 0.3 is 5.97 Å². The first-order valence-electron chi connectivity index (χ1n) is 7.78. The van der Waals surface area contributed by atoms with E-state index in [-0.39, 0.29) is 22.9 Å². The quantitative estimate of drug-likeness (QED) is 0.501. The molecule has 0 atom stereocenters. The molecular formula is C18H16N4O5. The summed E-state index contributed by atoms with van der Waals surface area (Å²) in [5.74, 6) is -0.138. The zero-order valence-corrected chi connectivity index (χ0v) is 14.6. The molecular weight excluding hydrogens is 352 g/mol. The number of aromatic amines is 1. The highest BCUT2D eigenvalue weighted by molar-refractivity contribution is 5.97. The summed E-state index contributed by atoms with van der Waals surface area (Å²) in [4.78, 5) is 23.7. The number of esters is 1. The van der Waals surface area contributed by atoms with Gasteiger partial charge in [-0.05, 0) is 42.5 Å². The molecule has 1 amide bonds. The van der Waals surface area contributed by atoms with E-state index in [0.717, 1.165) is 0 Å². The second kappa shape index (κ2) is 7.56. The van der Waals surface area contributed by atoms with Crippen molar-refractivity contribution in [2.24, 2.45) is 5.73 Å². The molecule has 138 valence electrons. The molecule has 27 heavy (non-hydrogen) atoms. The van der Waals surface area contributed by atoms with Crippen LogP contribution in [0.4, 0.5) is 0 Å². The maximum atomic E-state index is 12.3. The van der Waals surface area contributed by atoms with Crippen molar-refractivity contribution in [3.8, 4) is 28.5 Å². The Bertz CT molecular complexity index is 982. The van der Waals surface area contributed by atoms with Gasteiger partial charge in [-0.1, -0.05) is 0 Å². The number of hydrogen-bond acceptors (Lipinski definition) is 7. The molecule has 3 aromatic rings. The minimum Gasteiger partial charge on any atom is -0.497 e. The first-order chi connectivity index (χ1) is 13.0. The van der Waals surface area contributed by atoms with Gasteiger partial charge in [-0.15, -0.1) is 0 Å². The predicted octanol–water partition coefficient (Wildman–Crippen LogP) is 1.81. The van der Waals surface area contributed by atoms with Crippen LogP contribution in [0.15, 0.2) is 42.5 Å². The van der Waals surface area contributed by atoms with Gasteiger partial charge in [0.1, 0.15) is 11.4 Å². The molecule has 1 aromatic heterocycles. The number of nitrogens with zero attached hydrogens (tertiary/aromatic N) is 2. The summed E-state index contributed by atoms with van der Waals surface area (Å²) in [6, 6.07) is 11.2. The van der Waals surface area contributed by atoms with Crippen LogP contribution in [0.1, 0.15) is 20.8 Å². The summed E-state index contributed by atoms with van der Waals surface area (Å²) in [6.45, 7) is 0. The second-order valence-electron chi connectivity index (χ2n) is 5.37. The maximum absolute atomic E-state index is 12.3. The minimum absolute atomic E-state index is 0.0000284. The molecule has 0 spiro atoms. The number of rotatable bonds is 6. The van der Waals surface area contributed by atoms with E-state index in [1.54, 1.807) is 36.4 Å². The van der Waals surface area contributed by atoms with Crippen molar-refractivity contribution in [3.63, 3.8) is 0 Å². The second-order valence-corrected chi connectivity index (χ2v) is 5.37. The Morgan fingerprint density at radius 3 is 2.33 bits per heavy atom. The smallest absolute Gasteiger partial charge is 0.343 e. The van der Waals surface area contributed by atoms with Gasteiger partial charge in [0.2, 0.25) is 0 Å². The molecule has 2 aromatic carbocycles. The van der Waals surface area contributed by atoms with Crippen molar-refractivity contribution >= 4 is 11.9 Å². The number of ether oxygens (including phenoxy) is 3. The van der Waals surface area contributed by atoms with E-state index in [1.807, 2.05) is 0 Å². The Hall–Kier alpha value is -3.88. The third-order valence-electron chi connectivity index (χ3n) is 3.75. The van der Waals surface area contributed by atoms with Crippen molar-refractivity contribution in [1.82, 2.24) is 15.4 Å². The van der Waals surface area contributed by atoms with Crippen LogP contribution in [-0.2, 0) is 0 Å². The lowest BCUT2D eigenvalue weighted by Gasteiger charge is -2.11. The van der Waals surface area contributed by atoms with Crippen molar-refractivity contribution in [1.29, 1.82) is 0 Å². The lowest BCUT2D eigenvalue weighted by Crippen LogP contribution is -2.13. The predicted molar refractivity (Wildman–Crippen MR) is 94.8 cm³/mol. The van der Waals surface area contributed by atoms with Crippen LogP contribution in [0.25, 0.3) is 11.3 Å². The molecule has 9 nitrogen and oxygen atoms in total. The van der Waals surface area contributed by atoms with Gasteiger partial charge in [-0.3, -0.25) is 4.79 Å². The van der Waals surface area contributed by atoms with Crippen LogP contribution >= 0.6 is 0 Å². The number of nitrogens with one attached hydrogen (secondary N) is 1. The average Bonchev–Trinajstić information content (AvgIpc) is 3.18. The van der Waals surface area contributed by atoms with Crippen molar-refractivity contribution in [2.45, 2.75) is 0 Å². The summed E-state index contributed by atoms with van der Waals surface area (Å²) in [6.07, 6.45) is 0. The van der Waals surface area contributed by atoms with Gasteiger partial charge in [0, 0.05) is 5.56 Å². The van der Waals surface area contributed by atoms with Crippen molar-refractivity contribution < 1.29 is 23.8 Å². The van der Waals surface area contributed by atoms with Gasteiger partial charge in [-0.2, -0.15) is 15.4 Å². The van der Waals surface area contributed by atoms with Crippen LogP contribution < -0.4 is 19.9 Å². The van der Waals surface area contributed by atoms with Crippen molar-refractivity contribution in [3.05, 3.63) is 53.7 Å². The number of carbonyl (C=O) groups is 2. The number of amides is 1. The normalized spacial score (nSPS) is 10.3. The largest absolute Gasteiger partial charge is 0.497 e. The van der Waals surface area contributed by atoms with Gasteiger partial charge in [0.25, 0.3) is 5.91 Å². The fraction of sp³-hybridized carbons (Fsp3) is 0.111. The zero-order valence-electron chi connectivity index (χ0n) is 14.6. The van der Waals surface area contributed by atoms with Crippen LogP contribution in [0.3, 0.4) is 0 Å². The molecule has 1 heterocycles. The van der Waals surface area contributed by atoms with Gasteiger partial charge in [0.15, 0.2) is 17.2 Å². The van der Waals surface area contributed by atoms with E-state index >= 15 is 0 Å². The van der Waals surface area contributed by atoms with E-state index in [1.165, 1.54) is 20.3 Å². The number of hydrogen-bond donors (Lipinski definition) is 2. The zero-order chi connectivity index (χ0) is 19.4. The van der Waals surface area contributed by atoms with E-state index in [4.69, 9.17) is 19.9 Å². The van der Waals surface area contributed by atoms with Crippen molar-refractivity contribution in [2.75, 3.05) is 14.2 Å². The molecule has 3 rings (SSSR count). The molecule has 0 aliphatic heterocycles. The van der Waals surface area contributed by atoms with E-state index in [2.05, 4.69) is 15.4 Å².